The van der Waals surface area contributed by atoms with Gasteiger partial charge in [0.1, 0.15) is 5.69 Å². The predicted molar refractivity (Wildman–Crippen MR) is 92.5 cm³/mol. The number of ether oxygens (including phenoxy) is 1. The fourth-order valence-electron chi connectivity index (χ4n) is 2.85. The van der Waals surface area contributed by atoms with Gasteiger partial charge in [0, 0.05) is 52.0 Å². The molecule has 9 nitrogen and oxygen atoms in total. The Kier molecular flexibility index (Phi) is 5.32. The smallest absolute Gasteiger partial charge is 0.274 e. The molecule has 0 radical (unpaired) electrons. The highest BCUT2D eigenvalue weighted by atomic mass is 16.5. The second kappa shape index (κ2) is 7.66. The second-order valence-corrected chi connectivity index (χ2v) is 6.34. The van der Waals surface area contributed by atoms with Gasteiger partial charge < -0.3 is 15.0 Å². The topological polar surface area (TPSA) is 101 Å². The van der Waals surface area contributed by atoms with Crippen molar-refractivity contribution in [1.29, 1.82) is 0 Å². The SMILES string of the molecule is C#CCCC1(CCNC(=O)c2cc(C(=O)N3CCOCC3)nn2C)N=N1. The summed E-state index contributed by atoms with van der Waals surface area (Å²) in [6.07, 6.45) is 7.18. The van der Waals surface area contributed by atoms with Crippen LogP contribution in [0.2, 0.25) is 0 Å². The number of hydrogen-bond acceptors (Lipinski definition) is 6. The highest BCUT2D eigenvalue weighted by molar-refractivity contribution is 5.97. The molecule has 1 aromatic heterocycles. The second-order valence-electron chi connectivity index (χ2n) is 6.34. The summed E-state index contributed by atoms with van der Waals surface area (Å²) < 4.78 is 6.66. The number of nitrogens with zero attached hydrogens (tertiary/aromatic N) is 5. The number of carbonyl (C=O) groups is 2. The van der Waals surface area contributed by atoms with Gasteiger partial charge in [0.15, 0.2) is 11.4 Å². The maximum absolute atomic E-state index is 12.5. The van der Waals surface area contributed by atoms with Crippen molar-refractivity contribution in [2.24, 2.45) is 17.3 Å². The van der Waals surface area contributed by atoms with Crippen LogP contribution in [-0.2, 0) is 11.8 Å². The molecule has 0 spiro atoms. The monoisotopic (exact) mass is 358 g/mol. The summed E-state index contributed by atoms with van der Waals surface area (Å²) in [4.78, 5) is 26.5. The third-order valence-corrected chi connectivity index (χ3v) is 4.49. The summed E-state index contributed by atoms with van der Waals surface area (Å²) in [6.45, 7) is 2.52. The van der Waals surface area contributed by atoms with Crippen LogP contribution in [0.25, 0.3) is 0 Å². The van der Waals surface area contributed by atoms with Crippen molar-refractivity contribution in [3.63, 3.8) is 0 Å². The number of carbonyl (C=O) groups excluding carboxylic acids is 2. The Morgan fingerprint density at radius 3 is 2.73 bits per heavy atom. The molecule has 0 bridgehead atoms. The summed E-state index contributed by atoms with van der Waals surface area (Å²) >= 11 is 0. The van der Waals surface area contributed by atoms with E-state index in [9.17, 15) is 9.59 Å². The van der Waals surface area contributed by atoms with E-state index in [0.717, 1.165) is 0 Å². The first-order valence-corrected chi connectivity index (χ1v) is 8.61. The molecule has 1 N–H and O–H groups in total. The minimum atomic E-state index is -0.427. The molecular weight excluding hydrogens is 336 g/mol. The van der Waals surface area contributed by atoms with Crippen molar-refractivity contribution < 1.29 is 14.3 Å². The van der Waals surface area contributed by atoms with E-state index in [1.807, 2.05) is 0 Å². The average Bonchev–Trinajstić information content (AvgIpc) is 3.32. The lowest BCUT2D eigenvalue weighted by atomic mass is 10.0. The normalized spacial score (nSPS) is 17.6. The van der Waals surface area contributed by atoms with Crippen LogP contribution in [0.5, 0.6) is 0 Å². The van der Waals surface area contributed by atoms with E-state index in [-0.39, 0.29) is 17.5 Å². The minimum absolute atomic E-state index is 0.188. The van der Waals surface area contributed by atoms with Crippen molar-refractivity contribution >= 4 is 11.8 Å². The number of terminal acetylenes is 1. The lowest BCUT2D eigenvalue weighted by Crippen LogP contribution is -2.40. The first kappa shape index (κ1) is 18.1. The largest absolute Gasteiger partial charge is 0.378 e. The highest BCUT2D eigenvalue weighted by Gasteiger charge is 2.38. The van der Waals surface area contributed by atoms with Crippen LogP contribution in [0.4, 0.5) is 0 Å². The average molecular weight is 358 g/mol. The molecule has 2 amide bonds. The molecule has 0 aliphatic carbocycles. The van der Waals surface area contributed by atoms with Crippen LogP contribution in [0.15, 0.2) is 16.3 Å². The van der Waals surface area contributed by atoms with Gasteiger partial charge in [0.2, 0.25) is 0 Å². The third-order valence-electron chi connectivity index (χ3n) is 4.49. The van der Waals surface area contributed by atoms with Crippen LogP contribution in [0.1, 0.15) is 40.2 Å². The first-order valence-electron chi connectivity index (χ1n) is 8.61. The van der Waals surface area contributed by atoms with E-state index in [4.69, 9.17) is 11.2 Å². The third kappa shape index (κ3) is 4.08. The predicted octanol–water partition coefficient (Wildman–Crippen LogP) is 0.588. The molecule has 2 aliphatic heterocycles. The van der Waals surface area contributed by atoms with Gasteiger partial charge in [0.25, 0.3) is 11.8 Å². The molecule has 0 atom stereocenters. The zero-order valence-electron chi connectivity index (χ0n) is 14.8. The van der Waals surface area contributed by atoms with E-state index >= 15 is 0 Å². The standard InChI is InChI=1S/C17H22N6O3/c1-3-4-5-17(20-21-17)6-7-18-15(24)14-12-13(19-22(14)2)16(25)23-8-10-26-11-9-23/h1,12H,4-11H2,2H3,(H,18,24). The van der Waals surface area contributed by atoms with Crippen LogP contribution in [0.3, 0.4) is 0 Å². The number of amides is 2. The lowest BCUT2D eigenvalue weighted by Gasteiger charge is -2.25. The summed E-state index contributed by atoms with van der Waals surface area (Å²) in [6, 6.07) is 1.52. The molecule has 0 aromatic carbocycles. The summed E-state index contributed by atoms with van der Waals surface area (Å²) in [7, 11) is 1.64. The molecule has 3 rings (SSSR count). The molecule has 138 valence electrons. The Hall–Kier alpha value is -2.73. The number of rotatable bonds is 7. The maximum Gasteiger partial charge on any atom is 0.274 e. The number of hydrogen-bond donors (Lipinski definition) is 1. The number of aromatic nitrogens is 2. The quantitative estimate of drug-likeness (QED) is 0.721. The molecule has 1 aromatic rings. The zero-order chi connectivity index (χ0) is 18.6. The van der Waals surface area contributed by atoms with E-state index in [1.165, 1.54) is 10.7 Å². The van der Waals surface area contributed by atoms with Gasteiger partial charge in [-0.15, -0.1) is 12.3 Å². The molecule has 2 aliphatic rings. The molecular formula is C17H22N6O3. The molecule has 1 fully saturated rings. The number of morpholine rings is 1. The fourth-order valence-corrected chi connectivity index (χ4v) is 2.85. The van der Waals surface area contributed by atoms with Gasteiger partial charge in [-0.1, -0.05) is 0 Å². The molecule has 9 heteroatoms. The molecule has 0 unspecified atom stereocenters. The summed E-state index contributed by atoms with van der Waals surface area (Å²) in [5.74, 6) is 2.10. The maximum atomic E-state index is 12.5. The van der Waals surface area contributed by atoms with Crippen LogP contribution >= 0.6 is 0 Å². The first-order chi connectivity index (χ1) is 12.5. The Labute approximate surface area is 151 Å². The Bertz CT molecular complexity index is 751. The molecule has 3 heterocycles. The van der Waals surface area contributed by atoms with E-state index in [0.29, 0.717) is 57.8 Å². The van der Waals surface area contributed by atoms with Crippen LogP contribution < -0.4 is 5.32 Å². The summed E-state index contributed by atoms with van der Waals surface area (Å²) in [5.41, 5.74) is 0.171. The Balaban J connectivity index is 1.54. The van der Waals surface area contributed by atoms with Gasteiger partial charge in [0.05, 0.1) is 13.2 Å². The van der Waals surface area contributed by atoms with Crippen molar-refractivity contribution in [2.45, 2.75) is 24.9 Å². The van der Waals surface area contributed by atoms with Crippen molar-refractivity contribution in [3.8, 4) is 12.3 Å². The Morgan fingerprint density at radius 1 is 1.35 bits per heavy atom. The van der Waals surface area contributed by atoms with E-state index < -0.39 is 5.66 Å². The van der Waals surface area contributed by atoms with Gasteiger partial charge in [-0.05, 0) is 0 Å². The van der Waals surface area contributed by atoms with Gasteiger partial charge >= 0.3 is 0 Å². The zero-order valence-corrected chi connectivity index (χ0v) is 14.8. The molecule has 0 saturated carbocycles. The van der Waals surface area contributed by atoms with Crippen LogP contribution in [-0.4, -0.2) is 65.0 Å². The van der Waals surface area contributed by atoms with E-state index in [2.05, 4.69) is 26.6 Å². The lowest BCUT2D eigenvalue weighted by molar-refractivity contribution is 0.0298. The molecule has 1 saturated heterocycles. The fraction of sp³-hybridized carbons (Fsp3) is 0.588. The van der Waals surface area contributed by atoms with Gasteiger partial charge in [-0.3, -0.25) is 14.3 Å². The minimum Gasteiger partial charge on any atom is -0.378 e. The van der Waals surface area contributed by atoms with Gasteiger partial charge in [-0.25, -0.2) is 0 Å². The van der Waals surface area contributed by atoms with E-state index in [1.54, 1.807) is 11.9 Å². The Morgan fingerprint density at radius 2 is 2.08 bits per heavy atom. The van der Waals surface area contributed by atoms with Crippen molar-refractivity contribution in [3.05, 3.63) is 17.5 Å². The highest BCUT2D eigenvalue weighted by Crippen LogP contribution is 2.36. The number of nitrogens with one attached hydrogen (secondary N) is 1. The van der Waals surface area contributed by atoms with Gasteiger partial charge in [-0.2, -0.15) is 15.3 Å². The van der Waals surface area contributed by atoms with Crippen LogP contribution in [0, 0.1) is 12.3 Å². The van der Waals surface area contributed by atoms with Crippen molar-refractivity contribution in [2.75, 3.05) is 32.8 Å². The number of aryl methyl sites for hydroxylation is 1. The summed E-state index contributed by atoms with van der Waals surface area (Å²) in [5, 5.41) is 15.1. The molecule has 26 heavy (non-hydrogen) atoms. The van der Waals surface area contributed by atoms with Crippen molar-refractivity contribution in [1.82, 2.24) is 20.0 Å².